The average molecular weight is 274 g/mol. The number of esters is 1. The van der Waals surface area contributed by atoms with Crippen LogP contribution >= 0.6 is 11.3 Å². The number of alkyl halides is 5. The molecule has 1 aromatic rings. The predicted octanol–water partition coefficient (Wildman–Crippen LogP) is 3.50. The molecule has 17 heavy (non-hydrogen) atoms. The number of carbonyl (C=O) groups excluding carboxylic acids is 1. The molecule has 2 nitrogen and oxygen atoms in total. The normalized spacial score (nSPS) is 12.6. The average Bonchev–Trinajstić information content (AvgIpc) is 2.58. The fraction of sp³-hybridized carbons (Fsp3) is 0.444. The van der Waals surface area contributed by atoms with Crippen molar-refractivity contribution >= 4 is 17.3 Å². The van der Waals surface area contributed by atoms with Gasteiger partial charge in [-0.1, -0.05) is 0 Å². The van der Waals surface area contributed by atoms with Crippen LogP contribution in [0, 0.1) is 6.92 Å². The van der Waals surface area contributed by atoms with Gasteiger partial charge in [-0.05, 0) is 13.0 Å². The number of hydrogen-bond acceptors (Lipinski definition) is 3. The number of hydrogen-bond donors (Lipinski definition) is 0. The highest BCUT2D eigenvalue weighted by molar-refractivity contribution is 7.12. The molecule has 0 N–H and O–H groups in total. The summed E-state index contributed by atoms with van der Waals surface area (Å²) in [5.74, 6) is -5.91. The molecule has 1 rings (SSSR count). The van der Waals surface area contributed by atoms with Crippen molar-refractivity contribution in [3.63, 3.8) is 0 Å². The molecule has 0 spiro atoms. The van der Waals surface area contributed by atoms with E-state index < -0.39 is 22.9 Å². The van der Waals surface area contributed by atoms with Crippen molar-refractivity contribution in [1.29, 1.82) is 0 Å². The van der Waals surface area contributed by atoms with Crippen LogP contribution in [-0.4, -0.2) is 19.3 Å². The van der Waals surface area contributed by atoms with Crippen molar-refractivity contribution in [2.75, 3.05) is 7.11 Å². The SMILES string of the molecule is COC(=O)c1cc(C(F)(F)C(F)(F)F)sc1C. The molecule has 1 aromatic heterocycles. The van der Waals surface area contributed by atoms with Gasteiger partial charge in [0.15, 0.2) is 0 Å². The van der Waals surface area contributed by atoms with E-state index in [1.165, 1.54) is 6.92 Å². The molecule has 0 saturated carbocycles. The molecule has 8 heteroatoms. The summed E-state index contributed by atoms with van der Waals surface area (Å²) >= 11 is 0.221. The van der Waals surface area contributed by atoms with Gasteiger partial charge in [0.2, 0.25) is 0 Å². The molecule has 0 aliphatic carbocycles. The number of halogens is 5. The highest BCUT2D eigenvalue weighted by Gasteiger charge is 2.59. The summed E-state index contributed by atoms with van der Waals surface area (Å²) in [4.78, 5) is 9.91. The summed E-state index contributed by atoms with van der Waals surface area (Å²) in [5, 5.41) is 0. The van der Waals surface area contributed by atoms with Crippen LogP contribution in [-0.2, 0) is 10.7 Å². The van der Waals surface area contributed by atoms with Crippen molar-refractivity contribution in [3.05, 3.63) is 21.4 Å². The fourth-order valence-corrected chi connectivity index (χ4v) is 2.09. The van der Waals surface area contributed by atoms with Crippen LogP contribution in [0.4, 0.5) is 22.0 Å². The van der Waals surface area contributed by atoms with Crippen LogP contribution in [0.1, 0.15) is 20.1 Å². The van der Waals surface area contributed by atoms with Crippen molar-refractivity contribution in [1.82, 2.24) is 0 Å². The number of methoxy groups -OCH3 is 1. The van der Waals surface area contributed by atoms with E-state index >= 15 is 0 Å². The summed E-state index contributed by atoms with van der Waals surface area (Å²) in [6, 6.07) is 0.513. The lowest BCUT2D eigenvalue weighted by Crippen LogP contribution is -2.32. The zero-order valence-electron chi connectivity index (χ0n) is 8.69. The Morgan fingerprint density at radius 1 is 1.29 bits per heavy atom. The van der Waals surface area contributed by atoms with Gasteiger partial charge in [0.1, 0.15) is 0 Å². The molecule has 0 fully saturated rings. The summed E-state index contributed by atoms with van der Waals surface area (Å²) in [5.41, 5.74) is -0.281. The Morgan fingerprint density at radius 2 is 1.82 bits per heavy atom. The maximum Gasteiger partial charge on any atom is 0.458 e. The van der Waals surface area contributed by atoms with Gasteiger partial charge in [0.25, 0.3) is 0 Å². The van der Waals surface area contributed by atoms with Gasteiger partial charge in [-0.15, -0.1) is 11.3 Å². The van der Waals surface area contributed by atoms with Crippen molar-refractivity contribution in [3.8, 4) is 0 Å². The molecule has 0 aliphatic rings. The zero-order valence-corrected chi connectivity index (χ0v) is 9.51. The number of thiophene rings is 1. The molecule has 0 bridgehead atoms. The van der Waals surface area contributed by atoms with Crippen molar-refractivity contribution < 1.29 is 31.5 Å². The van der Waals surface area contributed by atoms with Crippen LogP contribution in [0.5, 0.6) is 0 Å². The highest BCUT2D eigenvalue weighted by Crippen LogP contribution is 2.47. The Hall–Kier alpha value is -1.18. The maximum atomic E-state index is 13.0. The Kier molecular flexibility index (Phi) is 3.47. The highest BCUT2D eigenvalue weighted by atomic mass is 32.1. The lowest BCUT2D eigenvalue weighted by atomic mass is 10.2. The largest absolute Gasteiger partial charge is 0.465 e. The topological polar surface area (TPSA) is 26.3 Å². The Labute approximate surface area is 97.0 Å². The van der Waals surface area contributed by atoms with E-state index in [-0.39, 0.29) is 21.8 Å². The molecule has 1 heterocycles. The Bertz CT molecular complexity index is 435. The van der Waals surface area contributed by atoms with Crippen LogP contribution in [0.3, 0.4) is 0 Å². The van der Waals surface area contributed by atoms with E-state index in [1.54, 1.807) is 0 Å². The first-order chi connectivity index (χ1) is 7.61. The fourth-order valence-electron chi connectivity index (χ4n) is 1.09. The van der Waals surface area contributed by atoms with E-state index in [0.717, 1.165) is 7.11 Å². The van der Waals surface area contributed by atoms with Gasteiger partial charge in [-0.25, -0.2) is 4.79 Å². The second kappa shape index (κ2) is 4.25. The van der Waals surface area contributed by atoms with E-state index in [2.05, 4.69) is 4.74 Å². The molecule has 96 valence electrons. The first kappa shape index (κ1) is 13.9. The first-order valence-corrected chi connectivity index (χ1v) is 5.06. The Morgan fingerprint density at radius 3 is 2.24 bits per heavy atom. The number of aryl methyl sites for hydroxylation is 1. The zero-order chi connectivity index (χ0) is 13.4. The first-order valence-electron chi connectivity index (χ1n) is 4.25. The Balaban J connectivity index is 3.23. The molecule has 0 aliphatic heterocycles. The van der Waals surface area contributed by atoms with Gasteiger partial charge >= 0.3 is 18.1 Å². The standard InChI is InChI=1S/C9H7F5O2S/c1-4-5(7(15)16-2)3-6(17-4)8(10,11)9(12,13)14/h3H,1-2H3. The maximum absolute atomic E-state index is 13.0. The quantitative estimate of drug-likeness (QED) is 0.609. The molecule has 0 saturated heterocycles. The third-order valence-electron chi connectivity index (χ3n) is 1.99. The molecular weight excluding hydrogens is 267 g/mol. The third-order valence-corrected chi connectivity index (χ3v) is 3.11. The van der Waals surface area contributed by atoms with Crippen LogP contribution in [0.2, 0.25) is 0 Å². The van der Waals surface area contributed by atoms with Crippen LogP contribution in [0.25, 0.3) is 0 Å². The van der Waals surface area contributed by atoms with Gasteiger partial charge in [-0.3, -0.25) is 0 Å². The number of rotatable bonds is 2. The van der Waals surface area contributed by atoms with Gasteiger partial charge < -0.3 is 4.74 Å². The van der Waals surface area contributed by atoms with E-state index in [0.29, 0.717) is 6.07 Å². The summed E-state index contributed by atoms with van der Waals surface area (Å²) in [6.07, 6.45) is -5.68. The molecular formula is C9H7F5O2S. The van der Waals surface area contributed by atoms with Gasteiger partial charge in [-0.2, -0.15) is 22.0 Å². The minimum absolute atomic E-state index is 0.0516. The molecule has 0 atom stereocenters. The molecule has 0 unspecified atom stereocenters. The monoisotopic (exact) mass is 274 g/mol. The molecule has 0 amide bonds. The van der Waals surface area contributed by atoms with Crippen LogP contribution in [0.15, 0.2) is 6.07 Å². The summed E-state index contributed by atoms with van der Waals surface area (Å²) in [7, 11) is 1.01. The summed E-state index contributed by atoms with van der Waals surface area (Å²) in [6.45, 7) is 1.27. The minimum Gasteiger partial charge on any atom is -0.465 e. The van der Waals surface area contributed by atoms with Gasteiger partial charge in [0, 0.05) is 4.88 Å². The second-order valence-corrected chi connectivity index (χ2v) is 4.40. The molecule has 0 aromatic carbocycles. The lowest BCUT2D eigenvalue weighted by molar-refractivity contribution is -0.287. The van der Waals surface area contributed by atoms with E-state index in [4.69, 9.17) is 0 Å². The van der Waals surface area contributed by atoms with E-state index in [1.807, 2.05) is 0 Å². The third kappa shape index (κ3) is 2.41. The van der Waals surface area contributed by atoms with E-state index in [9.17, 15) is 26.7 Å². The number of ether oxygens (including phenoxy) is 1. The van der Waals surface area contributed by atoms with Crippen molar-refractivity contribution in [2.45, 2.75) is 19.0 Å². The second-order valence-electron chi connectivity index (χ2n) is 3.14. The smallest absolute Gasteiger partial charge is 0.458 e. The summed E-state index contributed by atoms with van der Waals surface area (Å²) < 4.78 is 66.4. The predicted molar refractivity (Wildman–Crippen MR) is 50.3 cm³/mol. The minimum atomic E-state index is -5.68. The number of carbonyl (C=O) groups is 1. The van der Waals surface area contributed by atoms with Gasteiger partial charge in [0.05, 0.1) is 17.6 Å². The lowest BCUT2D eigenvalue weighted by Gasteiger charge is -2.17. The van der Waals surface area contributed by atoms with Crippen molar-refractivity contribution in [2.24, 2.45) is 0 Å². The molecule has 0 radical (unpaired) electrons. The van der Waals surface area contributed by atoms with Crippen LogP contribution < -0.4 is 0 Å².